The molecule has 1 N–H and O–H groups in total. The lowest BCUT2D eigenvalue weighted by Crippen LogP contribution is -2.44. The number of aromatic amines is 1. The fourth-order valence-corrected chi connectivity index (χ4v) is 5.17. The monoisotopic (exact) mass is 389 g/mol. The van der Waals surface area contributed by atoms with Crippen LogP contribution in [0, 0.1) is 0 Å². The standard InChI is InChI=1S/C19H20ClN3O2S/c1-22-8-10-23(11-9-22)18-7-6-14(12-16(18)20)26(24,25)19-13-21-17-5-3-2-4-15(17)19/h2-7,12-13,21H,8-11H2,1H3. The first-order chi connectivity index (χ1) is 12.5. The summed E-state index contributed by atoms with van der Waals surface area (Å²) in [4.78, 5) is 7.97. The largest absolute Gasteiger partial charge is 0.368 e. The number of piperazine rings is 1. The summed E-state index contributed by atoms with van der Waals surface area (Å²) in [6, 6.07) is 12.4. The SMILES string of the molecule is CN1CCN(c2ccc(S(=O)(=O)c3c[nH]c4ccccc34)cc2Cl)CC1. The Morgan fingerprint density at radius 2 is 1.77 bits per heavy atom. The summed E-state index contributed by atoms with van der Waals surface area (Å²) in [6.45, 7) is 3.69. The molecule has 0 unspecified atom stereocenters. The Bertz CT molecular complexity index is 1050. The van der Waals surface area contributed by atoms with Crippen LogP contribution in [0.25, 0.3) is 10.9 Å². The van der Waals surface area contributed by atoms with Crippen molar-refractivity contribution in [2.45, 2.75) is 9.79 Å². The molecule has 1 aliphatic rings. The van der Waals surface area contributed by atoms with Gasteiger partial charge in [-0.25, -0.2) is 8.42 Å². The molecule has 0 amide bonds. The van der Waals surface area contributed by atoms with Crippen molar-refractivity contribution in [3.05, 3.63) is 53.7 Å². The van der Waals surface area contributed by atoms with Crippen molar-refractivity contribution >= 4 is 38.0 Å². The Morgan fingerprint density at radius 1 is 1.04 bits per heavy atom. The fraction of sp³-hybridized carbons (Fsp3) is 0.263. The Morgan fingerprint density at radius 3 is 2.50 bits per heavy atom. The number of fused-ring (bicyclic) bond motifs is 1. The van der Waals surface area contributed by atoms with Gasteiger partial charge in [-0.05, 0) is 31.3 Å². The number of halogens is 1. The molecule has 26 heavy (non-hydrogen) atoms. The van der Waals surface area contributed by atoms with Crippen LogP contribution in [0.15, 0.2) is 58.5 Å². The van der Waals surface area contributed by atoms with E-state index < -0.39 is 9.84 Å². The molecule has 1 aliphatic heterocycles. The molecule has 5 nitrogen and oxygen atoms in total. The van der Waals surface area contributed by atoms with Crippen LogP contribution in [0.3, 0.4) is 0 Å². The number of para-hydroxylation sites is 1. The zero-order valence-corrected chi connectivity index (χ0v) is 16.0. The quantitative estimate of drug-likeness (QED) is 0.745. The summed E-state index contributed by atoms with van der Waals surface area (Å²) in [5, 5.41) is 1.15. The van der Waals surface area contributed by atoms with Crippen LogP contribution >= 0.6 is 11.6 Å². The summed E-state index contributed by atoms with van der Waals surface area (Å²) >= 11 is 6.46. The molecule has 0 bridgehead atoms. The van der Waals surface area contributed by atoms with Crippen molar-refractivity contribution in [3.8, 4) is 0 Å². The van der Waals surface area contributed by atoms with Gasteiger partial charge in [0.1, 0.15) is 0 Å². The smallest absolute Gasteiger partial charge is 0.208 e. The third-order valence-electron chi connectivity index (χ3n) is 4.91. The number of hydrogen-bond acceptors (Lipinski definition) is 4. The summed E-state index contributed by atoms with van der Waals surface area (Å²) in [5.41, 5.74) is 1.68. The van der Waals surface area contributed by atoms with E-state index in [4.69, 9.17) is 11.6 Å². The van der Waals surface area contributed by atoms with Crippen molar-refractivity contribution in [1.29, 1.82) is 0 Å². The van der Waals surface area contributed by atoms with Crippen molar-refractivity contribution in [2.24, 2.45) is 0 Å². The highest BCUT2D eigenvalue weighted by Gasteiger charge is 2.24. The van der Waals surface area contributed by atoms with Gasteiger partial charge in [0.15, 0.2) is 0 Å². The molecule has 136 valence electrons. The van der Waals surface area contributed by atoms with Crippen LogP contribution in [0.5, 0.6) is 0 Å². The zero-order valence-electron chi connectivity index (χ0n) is 14.4. The summed E-state index contributed by atoms with van der Waals surface area (Å²) in [5.74, 6) is 0. The highest BCUT2D eigenvalue weighted by atomic mass is 35.5. The maximum atomic E-state index is 13.1. The van der Waals surface area contributed by atoms with Crippen LogP contribution in [0.2, 0.25) is 5.02 Å². The third kappa shape index (κ3) is 2.98. The second kappa shape index (κ2) is 6.61. The van der Waals surface area contributed by atoms with Gasteiger partial charge in [0.05, 0.1) is 20.5 Å². The molecule has 4 rings (SSSR count). The normalized spacial score (nSPS) is 16.3. The maximum Gasteiger partial charge on any atom is 0.208 e. The predicted octanol–water partition coefficient (Wildman–Crippen LogP) is 3.41. The topological polar surface area (TPSA) is 56.4 Å². The van der Waals surface area contributed by atoms with Crippen LogP contribution in [0.1, 0.15) is 0 Å². The first kappa shape index (κ1) is 17.4. The van der Waals surface area contributed by atoms with Crippen LogP contribution in [-0.2, 0) is 9.84 Å². The second-order valence-corrected chi connectivity index (χ2v) is 8.93. The van der Waals surface area contributed by atoms with E-state index >= 15 is 0 Å². The zero-order chi connectivity index (χ0) is 18.3. The predicted molar refractivity (Wildman–Crippen MR) is 105 cm³/mol. The van der Waals surface area contributed by atoms with Gasteiger partial charge < -0.3 is 14.8 Å². The molecule has 1 aromatic heterocycles. The van der Waals surface area contributed by atoms with E-state index in [2.05, 4.69) is 21.8 Å². The molecule has 7 heteroatoms. The van der Waals surface area contributed by atoms with E-state index in [1.165, 1.54) is 0 Å². The third-order valence-corrected chi connectivity index (χ3v) is 7.01. The highest BCUT2D eigenvalue weighted by Crippen LogP contribution is 2.33. The van der Waals surface area contributed by atoms with Gasteiger partial charge in [0, 0.05) is 43.3 Å². The Labute approximate surface area is 158 Å². The van der Waals surface area contributed by atoms with Gasteiger partial charge in [-0.15, -0.1) is 0 Å². The number of H-pyrrole nitrogens is 1. The Balaban J connectivity index is 1.70. The molecule has 2 aromatic carbocycles. The maximum absolute atomic E-state index is 13.1. The minimum Gasteiger partial charge on any atom is -0.368 e. The van der Waals surface area contributed by atoms with Gasteiger partial charge in [-0.1, -0.05) is 29.8 Å². The van der Waals surface area contributed by atoms with E-state index in [-0.39, 0.29) is 9.79 Å². The molecular weight excluding hydrogens is 370 g/mol. The van der Waals surface area contributed by atoms with Crippen LogP contribution in [-0.4, -0.2) is 51.5 Å². The number of anilines is 1. The number of benzene rings is 2. The molecule has 0 aliphatic carbocycles. The number of rotatable bonds is 3. The lowest BCUT2D eigenvalue weighted by atomic mass is 10.2. The summed E-state index contributed by atoms with van der Waals surface area (Å²) < 4.78 is 26.2. The van der Waals surface area contributed by atoms with E-state index in [1.807, 2.05) is 24.3 Å². The average Bonchev–Trinajstić information content (AvgIpc) is 3.07. The van der Waals surface area contributed by atoms with Gasteiger partial charge >= 0.3 is 0 Å². The van der Waals surface area contributed by atoms with Gasteiger partial charge in [0.2, 0.25) is 9.84 Å². The first-order valence-electron chi connectivity index (χ1n) is 8.51. The first-order valence-corrected chi connectivity index (χ1v) is 10.4. The molecule has 3 aromatic rings. The molecule has 2 heterocycles. The van der Waals surface area contributed by atoms with E-state index in [0.717, 1.165) is 37.4 Å². The van der Waals surface area contributed by atoms with E-state index in [0.29, 0.717) is 10.4 Å². The molecule has 1 fully saturated rings. The van der Waals surface area contributed by atoms with E-state index in [9.17, 15) is 8.42 Å². The second-order valence-electron chi connectivity index (χ2n) is 6.61. The van der Waals surface area contributed by atoms with Crippen LogP contribution in [0.4, 0.5) is 5.69 Å². The molecule has 0 spiro atoms. The molecule has 0 atom stereocenters. The average molecular weight is 390 g/mol. The molecule has 1 saturated heterocycles. The summed E-state index contributed by atoms with van der Waals surface area (Å²) in [7, 11) is -1.55. The van der Waals surface area contributed by atoms with Crippen molar-refractivity contribution in [2.75, 3.05) is 38.1 Å². The van der Waals surface area contributed by atoms with E-state index in [1.54, 1.807) is 24.4 Å². The highest BCUT2D eigenvalue weighted by molar-refractivity contribution is 7.91. The number of sulfone groups is 1. The van der Waals surface area contributed by atoms with Crippen molar-refractivity contribution < 1.29 is 8.42 Å². The number of hydrogen-bond donors (Lipinski definition) is 1. The van der Waals surface area contributed by atoms with Gasteiger partial charge in [-0.2, -0.15) is 0 Å². The number of likely N-dealkylation sites (N-methyl/N-ethyl adjacent to an activating group) is 1. The van der Waals surface area contributed by atoms with Gasteiger partial charge in [0.25, 0.3) is 0 Å². The minimum atomic E-state index is -3.64. The van der Waals surface area contributed by atoms with Crippen LogP contribution < -0.4 is 4.90 Å². The lowest BCUT2D eigenvalue weighted by molar-refractivity contribution is 0.313. The number of nitrogens with zero attached hydrogens (tertiary/aromatic N) is 2. The number of aromatic nitrogens is 1. The Hall–Kier alpha value is -2.02. The van der Waals surface area contributed by atoms with Gasteiger partial charge in [-0.3, -0.25) is 0 Å². The van der Waals surface area contributed by atoms with Crippen molar-refractivity contribution in [1.82, 2.24) is 9.88 Å². The summed E-state index contributed by atoms with van der Waals surface area (Å²) in [6.07, 6.45) is 1.54. The van der Waals surface area contributed by atoms with Crippen molar-refractivity contribution in [3.63, 3.8) is 0 Å². The Kier molecular flexibility index (Phi) is 4.42. The minimum absolute atomic E-state index is 0.213. The molecule has 0 saturated carbocycles. The lowest BCUT2D eigenvalue weighted by Gasteiger charge is -2.34. The fourth-order valence-electron chi connectivity index (χ4n) is 3.35. The number of nitrogens with one attached hydrogen (secondary N) is 1. The molecule has 0 radical (unpaired) electrons. The molecular formula is C19H20ClN3O2S.